The van der Waals surface area contributed by atoms with E-state index in [-0.39, 0.29) is 35.9 Å². The molecule has 1 unspecified atom stereocenters. The van der Waals surface area contributed by atoms with Crippen LogP contribution in [0.25, 0.3) is 11.1 Å². The zero-order valence-electron chi connectivity index (χ0n) is 16.9. The minimum Gasteiger partial charge on any atom is -1.00 e. The van der Waals surface area contributed by atoms with Gasteiger partial charge in [0.15, 0.2) is 28.8 Å². The summed E-state index contributed by atoms with van der Waals surface area (Å²) in [5.74, 6) is -11.2. The van der Waals surface area contributed by atoms with E-state index in [0.29, 0.717) is 18.4 Å². The smallest absolute Gasteiger partial charge is 0.365 e. The average Bonchev–Trinajstić information content (AvgIpc) is 2.77. The Morgan fingerprint density at radius 3 is 2.15 bits per heavy atom. The van der Waals surface area contributed by atoms with Crippen LogP contribution in [0.3, 0.4) is 0 Å². The van der Waals surface area contributed by atoms with Gasteiger partial charge in [-0.15, -0.1) is 0 Å². The number of aliphatic carboxylic acids is 1. The minimum atomic E-state index is -2.24. The van der Waals surface area contributed by atoms with Crippen LogP contribution in [-0.4, -0.2) is 16.6 Å². The summed E-state index contributed by atoms with van der Waals surface area (Å²) in [4.78, 5) is 11.6. The minimum absolute atomic E-state index is 0. The zero-order valence-corrected chi connectivity index (χ0v) is 17.7. The van der Waals surface area contributed by atoms with Crippen molar-refractivity contribution in [3.05, 3.63) is 82.7 Å². The Morgan fingerprint density at radius 2 is 1.52 bits per heavy atom. The first kappa shape index (κ1) is 24.5. The van der Waals surface area contributed by atoms with Crippen molar-refractivity contribution < 1.29 is 54.7 Å². The lowest BCUT2D eigenvalue weighted by atomic mass is 9.78. The third-order valence-corrected chi connectivity index (χ3v) is 5.63. The Morgan fingerprint density at radius 1 is 0.909 bits per heavy atom. The first-order valence-electron chi connectivity index (χ1n) is 9.61. The van der Waals surface area contributed by atoms with Crippen LogP contribution in [0.4, 0.5) is 22.0 Å². The molecule has 3 aromatic rings. The normalized spacial score (nSPS) is 17.2. The summed E-state index contributed by atoms with van der Waals surface area (Å²) < 4.78 is 75.3. The summed E-state index contributed by atoms with van der Waals surface area (Å²) >= 11 is 0. The van der Waals surface area contributed by atoms with Gasteiger partial charge in [0.05, 0.1) is 5.56 Å². The summed E-state index contributed by atoms with van der Waals surface area (Å²) in [6.07, 6.45) is 1.04. The van der Waals surface area contributed by atoms with Crippen molar-refractivity contribution >= 4 is 5.97 Å². The SMILES string of the molecule is [Cl-].[NH3+]C1(C(=O)O)CCc2ccc(Oc3ccccc3-c3c(F)c(F)c(F)c(F)c3F)cc2C1. The molecule has 1 aliphatic rings. The van der Waals surface area contributed by atoms with E-state index in [2.05, 4.69) is 5.73 Å². The van der Waals surface area contributed by atoms with Crippen LogP contribution >= 0.6 is 0 Å². The molecule has 0 amide bonds. The summed E-state index contributed by atoms with van der Waals surface area (Å²) in [7, 11) is 0. The molecule has 0 saturated heterocycles. The number of carboxylic acid groups (broad SMARTS) is 1. The fraction of sp³-hybridized carbons (Fsp3) is 0.174. The Kier molecular flexibility index (Phi) is 6.67. The summed E-state index contributed by atoms with van der Waals surface area (Å²) in [6, 6.07) is 10.3. The number of para-hydroxylation sites is 1. The van der Waals surface area contributed by atoms with Gasteiger partial charge in [-0.05, 0) is 35.7 Å². The van der Waals surface area contributed by atoms with Crippen molar-refractivity contribution in [2.24, 2.45) is 0 Å². The van der Waals surface area contributed by atoms with Gasteiger partial charge >= 0.3 is 5.97 Å². The van der Waals surface area contributed by atoms with Crippen LogP contribution in [0.15, 0.2) is 42.5 Å². The van der Waals surface area contributed by atoms with Gasteiger partial charge in [0, 0.05) is 18.4 Å². The number of halogens is 6. The maximum absolute atomic E-state index is 14.4. The molecule has 0 aliphatic heterocycles. The van der Waals surface area contributed by atoms with E-state index < -0.39 is 46.2 Å². The molecule has 0 fully saturated rings. The third kappa shape index (κ3) is 4.26. The number of hydrogen-bond donors (Lipinski definition) is 2. The quantitative estimate of drug-likeness (QED) is 0.333. The van der Waals surface area contributed by atoms with Crippen molar-refractivity contribution in [2.45, 2.75) is 24.8 Å². The topological polar surface area (TPSA) is 74.2 Å². The maximum Gasteiger partial charge on any atom is 0.365 e. The van der Waals surface area contributed by atoms with E-state index >= 15 is 0 Å². The third-order valence-electron chi connectivity index (χ3n) is 5.63. The predicted molar refractivity (Wildman–Crippen MR) is 103 cm³/mol. The molecule has 0 aromatic heterocycles. The maximum atomic E-state index is 14.4. The highest BCUT2D eigenvalue weighted by molar-refractivity contribution is 5.78. The van der Waals surface area contributed by atoms with Crippen molar-refractivity contribution in [3.8, 4) is 22.6 Å². The molecule has 4 rings (SSSR count). The van der Waals surface area contributed by atoms with Gasteiger partial charge in [0.1, 0.15) is 11.5 Å². The van der Waals surface area contributed by atoms with E-state index in [1.54, 1.807) is 18.2 Å². The summed E-state index contributed by atoms with van der Waals surface area (Å²) in [5.41, 5.74) is 2.82. The van der Waals surface area contributed by atoms with Crippen molar-refractivity contribution in [1.29, 1.82) is 0 Å². The van der Waals surface area contributed by atoms with Crippen LogP contribution in [0, 0.1) is 29.1 Å². The number of benzene rings is 3. The molecule has 0 bridgehead atoms. The van der Waals surface area contributed by atoms with Gasteiger partial charge < -0.3 is 28.0 Å². The number of carboxylic acids is 1. The second-order valence-corrected chi connectivity index (χ2v) is 7.74. The van der Waals surface area contributed by atoms with Crippen LogP contribution in [0.1, 0.15) is 17.5 Å². The number of carbonyl (C=O) groups is 1. The van der Waals surface area contributed by atoms with Crippen LogP contribution < -0.4 is 22.9 Å². The molecular weight excluding hydrogens is 469 g/mol. The number of fused-ring (bicyclic) bond motifs is 1. The molecule has 1 aliphatic carbocycles. The molecule has 1 atom stereocenters. The molecule has 174 valence electrons. The molecule has 4 N–H and O–H groups in total. The molecule has 0 spiro atoms. The zero-order chi connectivity index (χ0) is 23.2. The lowest BCUT2D eigenvalue weighted by molar-refractivity contribution is -0.464. The molecule has 10 heteroatoms. The Bertz CT molecular complexity index is 1220. The van der Waals surface area contributed by atoms with Gasteiger partial charge in [-0.3, -0.25) is 0 Å². The van der Waals surface area contributed by atoms with E-state index in [4.69, 9.17) is 4.74 Å². The molecule has 0 radical (unpaired) electrons. The predicted octanol–water partition coefficient (Wildman–Crippen LogP) is 1.40. The second kappa shape index (κ2) is 8.99. The largest absolute Gasteiger partial charge is 1.00 e. The van der Waals surface area contributed by atoms with Gasteiger partial charge in [0.25, 0.3) is 0 Å². The fourth-order valence-corrected chi connectivity index (χ4v) is 3.81. The lowest BCUT2D eigenvalue weighted by Gasteiger charge is -2.28. The molecule has 0 heterocycles. The number of ether oxygens (including phenoxy) is 1. The first-order valence-corrected chi connectivity index (χ1v) is 9.61. The van der Waals surface area contributed by atoms with Crippen LogP contribution in [0.5, 0.6) is 11.5 Å². The van der Waals surface area contributed by atoms with E-state index in [1.165, 1.54) is 24.3 Å². The second-order valence-electron chi connectivity index (χ2n) is 7.74. The average molecular weight is 486 g/mol. The lowest BCUT2D eigenvalue weighted by Crippen LogP contribution is -3.00. The van der Waals surface area contributed by atoms with E-state index in [9.17, 15) is 31.9 Å². The van der Waals surface area contributed by atoms with Crippen molar-refractivity contribution in [1.82, 2.24) is 0 Å². The van der Waals surface area contributed by atoms with Gasteiger partial charge in [-0.25, -0.2) is 26.7 Å². The van der Waals surface area contributed by atoms with E-state index in [1.807, 2.05) is 0 Å². The highest BCUT2D eigenvalue weighted by Gasteiger charge is 2.41. The monoisotopic (exact) mass is 485 g/mol. The van der Waals surface area contributed by atoms with Crippen molar-refractivity contribution in [3.63, 3.8) is 0 Å². The highest BCUT2D eigenvalue weighted by atomic mass is 35.5. The highest BCUT2D eigenvalue weighted by Crippen LogP contribution is 2.39. The molecule has 3 aromatic carbocycles. The standard InChI is InChI=1S/C23H16F5NO3.ClH/c24-17-16(18(25)20(27)21(28)19(17)26)14-3-1-2-4-15(14)32-13-6-5-11-7-8-23(29,22(30)31)10-12(11)9-13;/h1-6,9H,7-8,10,29H2,(H,30,31);1H. The summed E-state index contributed by atoms with van der Waals surface area (Å²) in [5, 5.41) is 9.45. The van der Waals surface area contributed by atoms with Crippen molar-refractivity contribution in [2.75, 3.05) is 0 Å². The first-order chi connectivity index (χ1) is 15.1. The van der Waals surface area contributed by atoms with E-state index in [0.717, 1.165) is 5.56 Å². The molecule has 33 heavy (non-hydrogen) atoms. The Hall–Kier alpha value is -3.17. The Labute approximate surface area is 191 Å². The number of quaternary nitrogens is 1. The fourth-order valence-electron chi connectivity index (χ4n) is 3.81. The van der Waals surface area contributed by atoms with Gasteiger partial charge in [0.2, 0.25) is 5.82 Å². The number of aryl methyl sites for hydroxylation is 1. The molecule has 4 nitrogen and oxygen atoms in total. The molecular formula is C23H17ClF5NO3. The van der Waals surface area contributed by atoms with Crippen LogP contribution in [0.2, 0.25) is 0 Å². The number of rotatable bonds is 4. The Balaban J connectivity index is 0.00000306. The van der Waals surface area contributed by atoms with Gasteiger partial charge in [-0.2, -0.15) is 0 Å². The van der Waals surface area contributed by atoms with Gasteiger partial charge in [-0.1, -0.05) is 24.3 Å². The van der Waals surface area contributed by atoms with Crippen LogP contribution in [-0.2, 0) is 17.6 Å². The summed E-state index contributed by atoms with van der Waals surface area (Å²) in [6.45, 7) is 0. The number of hydrogen-bond acceptors (Lipinski definition) is 2. The molecule has 0 saturated carbocycles.